The Morgan fingerprint density at radius 1 is 1.40 bits per heavy atom. The van der Waals surface area contributed by atoms with Gasteiger partial charge in [0.1, 0.15) is 5.78 Å². The van der Waals surface area contributed by atoms with Crippen LogP contribution in [0.5, 0.6) is 0 Å². The molecule has 0 aromatic heterocycles. The van der Waals surface area contributed by atoms with Gasteiger partial charge in [-0.05, 0) is 26.2 Å². The van der Waals surface area contributed by atoms with Crippen molar-refractivity contribution < 1.29 is 14.3 Å². The van der Waals surface area contributed by atoms with E-state index in [1.54, 1.807) is 6.92 Å². The van der Waals surface area contributed by atoms with Crippen molar-refractivity contribution in [1.82, 2.24) is 0 Å². The zero-order valence-electron chi connectivity index (χ0n) is 10.2. The molecule has 3 nitrogen and oxygen atoms in total. The summed E-state index contributed by atoms with van der Waals surface area (Å²) < 4.78 is 11.3. The van der Waals surface area contributed by atoms with Crippen molar-refractivity contribution in [2.24, 2.45) is 5.92 Å². The van der Waals surface area contributed by atoms with Crippen LogP contribution in [0, 0.1) is 5.92 Å². The molecule has 1 rings (SSSR count). The second-order valence-corrected chi connectivity index (χ2v) is 4.72. The van der Waals surface area contributed by atoms with Crippen LogP contribution in [0.4, 0.5) is 0 Å². The number of rotatable bonds is 4. The van der Waals surface area contributed by atoms with E-state index >= 15 is 0 Å². The van der Waals surface area contributed by atoms with Crippen LogP contribution in [0.25, 0.3) is 0 Å². The van der Waals surface area contributed by atoms with Crippen molar-refractivity contribution in [2.75, 3.05) is 0 Å². The van der Waals surface area contributed by atoms with Gasteiger partial charge in [0.2, 0.25) is 0 Å². The minimum Gasteiger partial charge on any atom is -0.350 e. The fourth-order valence-corrected chi connectivity index (χ4v) is 1.90. The number of Topliss-reactive ketones (excluding diaryl/α,β-unsaturated/α-hetero) is 1. The Morgan fingerprint density at radius 3 is 2.60 bits per heavy atom. The molecule has 1 saturated heterocycles. The van der Waals surface area contributed by atoms with Crippen LogP contribution in [0.2, 0.25) is 0 Å². The van der Waals surface area contributed by atoms with Crippen molar-refractivity contribution in [1.29, 1.82) is 0 Å². The van der Waals surface area contributed by atoms with E-state index in [1.165, 1.54) is 0 Å². The fraction of sp³-hybridized carbons (Fsp3) is 0.917. The van der Waals surface area contributed by atoms with E-state index in [0.717, 1.165) is 12.8 Å². The molecule has 0 radical (unpaired) electrons. The largest absolute Gasteiger partial charge is 0.350 e. The van der Waals surface area contributed by atoms with Gasteiger partial charge in [-0.3, -0.25) is 0 Å². The van der Waals surface area contributed by atoms with E-state index in [1.807, 2.05) is 6.92 Å². The Balaban J connectivity index is 2.41. The molecule has 3 atom stereocenters. The highest BCUT2D eigenvalue weighted by Gasteiger charge is 2.29. The first-order valence-electron chi connectivity index (χ1n) is 5.79. The van der Waals surface area contributed by atoms with Crippen LogP contribution >= 0.6 is 0 Å². The van der Waals surface area contributed by atoms with Gasteiger partial charge in [0, 0.05) is 12.8 Å². The lowest BCUT2D eigenvalue weighted by molar-refractivity contribution is -0.243. The first-order valence-corrected chi connectivity index (χ1v) is 5.79. The van der Waals surface area contributed by atoms with Gasteiger partial charge in [-0.25, -0.2) is 0 Å². The van der Waals surface area contributed by atoms with Gasteiger partial charge in [0.25, 0.3) is 0 Å². The lowest BCUT2D eigenvalue weighted by Gasteiger charge is -2.36. The normalized spacial score (nSPS) is 31.9. The van der Waals surface area contributed by atoms with Crippen LogP contribution in [-0.4, -0.2) is 24.3 Å². The molecule has 1 aliphatic heterocycles. The first-order chi connectivity index (χ1) is 6.99. The molecule has 0 spiro atoms. The Bertz CT molecular complexity index is 213. The highest BCUT2D eigenvalue weighted by Crippen LogP contribution is 2.25. The zero-order chi connectivity index (χ0) is 11.4. The minimum atomic E-state index is -0.136. The van der Waals surface area contributed by atoms with Crippen molar-refractivity contribution in [3.05, 3.63) is 0 Å². The second-order valence-electron chi connectivity index (χ2n) is 4.72. The Kier molecular flexibility index (Phi) is 4.74. The van der Waals surface area contributed by atoms with Crippen LogP contribution in [0.3, 0.4) is 0 Å². The lowest BCUT2D eigenvalue weighted by atomic mass is 9.97. The number of ether oxygens (including phenoxy) is 2. The number of ketones is 1. The van der Waals surface area contributed by atoms with Crippen LogP contribution in [0.15, 0.2) is 0 Å². The van der Waals surface area contributed by atoms with Crippen molar-refractivity contribution in [3.8, 4) is 0 Å². The molecule has 15 heavy (non-hydrogen) atoms. The summed E-state index contributed by atoms with van der Waals surface area (Å²) in [5, 5.41) is 0. The second kappa shape index (κ2) is 5.61. The van der Waals surface area contributed by atoms with Gasteiger partial charge in [0.05, 0.1) is 12.2 Å². The van der Waals surface area contributed by atoms with E-state index < -0.39 is 0 Å². The van der Waals surface area contributed by atoms with Crippen LogP contribution in [0.1, 0.15) is 47.0 Å². The Hall–Kier alpha value is -0.410. The average molecular weight is 214 g/mol. The maximum Gasteiger partial charge on any atom is 0.155 e. The van der Waals surface area contributed by atoms with Crippen molar-refractivity contribution in [2.45, 2.75) is 65.5 Å². The Morgan fingerprint density at radius 2 is 2.07 bits per heavy atom. The summed E-state index contributed by atoms with van der Waals surface area (Å²) in [6.07, 6.45) is 2.67. The van der Waals surface area contributed by atoms with Gasteiger partial charge in [-0.15, -0.1) is 0 Å². The summed E-state index contributed by atoms with van der Waals surface area (Å²) in [5.74, 6) is 0.745. The lowest BCUT2D eigenvalue weighted by Crippen LogP contribution is -2.39. The summed E-state index contributed by atoms with van der Waals surface area (Å²) in [7, 11) is 0. The third kappa shape index (κ3) is 4.31. The summed E-state index contributed by atoms with van der Waals surface area (Å²) in [6.45, 7) is 7.87. The fourth-order valence-electron chi connectivity index (χ4n) is 1.90. The highest BCUT2D eigenvalue weighted by atomic mass is 16.7. The minimum absolute atomic E-state index is 0.136. The summed E-state index contributed by atoms with van der Waals surface area (Å²) >= 11 is 0. The molecular weight excluding hydrogens is 192 g/mol. The monoisotopic (exact) mass is 214 g/mol. The molecule has 0 saturated carbocycles. The molecular formula is C12H22O3. The van der Waals surface area contributed by atoms with Crippen LogP contribution in [-0.2, 0) is 14.3 Å². The first kappa shape index (κ1) is 12.7. The molecule has 0 bridgehead atoms. The molecule has 1 heterocycles. The van der Waals surface area contributed by atoms with E-state index in [9.17, 15) is 4.79 Å². The maximum atomic E-state index is 10.9. The molecule has 0 amide bonds. The van der Waals surface area contributed by atoms with Crippen molar-refractivity contribution >= 4 is 5.78 Å². The van der Waals surface area contributed by atoms with Crippen molar-refractivity contribution in [3.63, 3.8) is 0 Å². The molecule has 0 N–H and O–H groups in total. The predicted molar refractivity (Wildman–Crippen MR) is 58.6 cm³/mol. The van der Waals surface area contributed by atoms with E-state index in [4.69, 9.17) is 9.47 Å². The number of hydrogen-bond donors (Lipinski definition) is 0. The molecule has 0 aliphatic carbocycles. The third-order valence-corrected chi connectivity index (χ3v) is 2.81. The molecule has 0 aromatic carbocycles. The average Bonchev–Trinajstić information content (AvgIpc) is 2.13. The van der Waals surface area contributed by atoms with Gasteiger partial charge in [-0.1, -0.05) is 13.8 Å². The third-order valence-electron chi connectivity index (χ3n) is 2.81. The Labute approximate surface area is 92.1 Å². The maximum absolute atomic E-state index is 10.9. The van der Waals surface area contributed by atoms with Crippen LogP contribution < -0.4 is 0 Å². The number of carbonyl (C=O) groups excluding carboxylic acids is 1. The van der Waals surface area contributed by atoms with E-state index in [2.05, 4.69) is 13.8 Å². The molecule has 0 aromatic rings. The molecule has 1 aliphatic rings. The molecule has 3 heteroatoms. The molecule has 88 valence electrons. The van der Waals surface area contributed by atoms with Gasteiger partial charge in [-0.2, -0.15) is 0 Å². The van der Waals surface area contributed by atoms with Gasteiger partial charge in [0.15, 0.2) is 6.29 Å². The summed E-state index contributed by atoms with van der Waals surface area (Å²) in [6, 6.07) is 0. The number of carbonyl (C=O) groups is 1. The van der Waals surface area contributed by atoms with E-state index in [0.29, 0.717) is 12.3 Å². The zero-order valence-corrected chi connectivity index (χ0v) is 10.2. The summed E-state index contributed by atoms with van der Waals surface area (Å²) in [4.78, 5) is 10.9. The topological polar surface area (TPSA) is 35.5 Å². The SMILES string of the molecule is CC(=O)CC[C@@H]1C[C@H](C(C)C)O[C@H](C)O1. The highest BCUT2D eigenvalue weighted by molar-refractivity contribution is 5.75. The smallest absolute Gasteiger partial charge is 0.155 e. The molecule has 1 fully saturated rings. The number of hydrogen-bond acceptors (Lipinski definition) is 3. The quantitative estimate of drug-likeness (QED) is 0.721. The summed E-state index contributed by atoms with van der Waals surface area (Å²) in [5.41, 5.74) is 0. The predicted octanol–water partition coefficient (Wildman–Crippen LogP) is 2.53. The van der Waals surface area contributed by atoms with Gasteiger partial charge >= 0.3 is 0 Å². The standard InChI is InChI=1S/C12H22O3/c1-8(2)12-7-11(6-5-9(3)13)14-10(4)15-12/h8,10-12H,5-7H2,1-4H3/t10-,11-,12-/m1/s1. The van der Waals surface area contributed by atoms with E-state index in [-0.39, 0.29) is 24.3 Å². The molecule has 0 unspecified atom stereocenters. The van der Waals surface area contributed by atoms with Gasteiger partial charge < -0.3 is 14.3 Å².